The summed E-state index contributed by atoms with van der Waals surface area (Å²) in [6.07, 6.45) is 0.945. The number of anilines is 2. The third kappa shape index (κ3) is 4.83. The van der Waals surface area contributed by atoms with Gasteiger partial charge in [0.15, 0.2) is 0 Å². The van der Waals surface area contributed by atoms with E-state index in [0.29, 0.717) is 11.4 Å². The summed E-state index contributed by atoms with van der Waals surface area (Å²) in [5.74, 6) is -0.834. The van der Waals surface area contributed by atoms with Crippen LogP contribution in [0, 0.1) is 5.82 Å². The quantitative estimate of drug-likeness (QED) is 0.828. The predicted molar refractivity (Wildman–Crippen MR) is 95.2 cm³/mol. The van der Waals surface area contributed by atoms with Gasteiger partial charge in [-0.15, -0.1) is 0 Å². The summed E-state index contributed by atoms with van der Waals surface area (Å²) in [5.41, 5.74) is 0.490. The van der Waals surface area contributed by atoms with E-state index < -0.39 is 28.3 Å². The third-order valence-electron chi connectivity index (χ3n) is 3.26. The lowest BCUT2D eigenvalue weighted by Crippen LogP contribution is -2.37. The van der Waals surface area contributed by atoms with Crippen molar-refractivity contribution < 1.29 is 22.3 Å². The lowest BCUT2D eigenvalue weighted by Gasteiger charge is -2.22. The molecule has 134 valence electrons. The number of carbonyl (C=O) groups excluding carboxylic acids is 1. The van der Waals surface area contributed by atoms with Crippen LogP contribution in [0.5, 0.6) is 5.75 Å². The molecule has 0 aromatic heterocycles. The van der Waals surface area contributed by atoms with E-state index in [4.69, 9.17) is 16.3 Å². The molecule has 0 radical (unpaired) electrons. The Kier molecular flexibility index (Phi) is 5.86. The standard InChI is InChI=1S/C16H16ClFN2O4S/c1-24-15-6-4-3-5-14(15)19-16(21)10-20(25(2,22)23)11-7-8-13(18)12(17)9-11/h3-9H,10H2,1-2H3,(H,19,21). The summed E-state index contributed by atoms with van der Waals surface area (Å²) < 4.78 is 43.3. The van der Waals surface area contributed by atoms with E-state index in [1.54, 1.807) is 24.3 Å². The van der Waals surface area contributed by atoms with E-state index in [0.717, 1.165) is 22.7 Å². The Morgan fingerprint density at radius 1 is 1.28 bits per heavy atom. The molecule has 0 saturated carbocycles. The second kappa shape index (κ2) is 7.71. The van der Waals surface area contributed by atoms with Crippen molar-refractivity contribution in [2.75, 3.05) is 29.5 Å². The number of nitrogens with one attached hydrogen (secondary N) is 1. The SMILES string of the molecule is COc1ccccc1NC(=O)CN(c1ccc(F)c(Cl)c1)S(C)(=O)=O. The molecule has 0 spiro atoms. The molecular weight excluding hydrogens is 371 g/mol. The van der Waals surface area contributed by atoms with Crippen LogP contribution in [0.3, 0.4) is 0 Å². The van der Waals surface area contributed by atoms with Crippen molar-refractivity contribution in [2.45, 2.75) is 0 Å². The van der Waals surface area contributed by atoms with Gasteiger partial charge in [-0.05, 0) is 30.3 Å². The van der Waals surface area contributed by atoms with Crippen molar-refractivity contribution in [1.29, 1.82) is 0 Å². The summed E-state index contributed by atoms with van der Waals surface area (Å²) in [5, 5.41) is 2.34. The number of nitrogens with zero attached hydrogens (tertiary/aromatic N) is 1. The van der Waals surface area contributed by atoms with Crippen LogP contribution >= 0.6 is 11.6 Å². The Balaban J connectivity index is 2.25. The fourth-order valence-electron chi connectivity index (χ4n) is 2.11. The molecule has 25 heavy (non-hydrogen) atoms. The maximum atomic E-state index is 13.3. The molecule has 0 aliphatic rings. The largest absolute Gasteiger partial charge is 0.495 e. The first-order valence-corrected chi connectivity index (χ1v) is 9.30. The van der Waals surface area contributed by atoms with Gasteiger partial charge in [0.25, 0.3) is 0 Å². The normalized spacial score (nSPS) is 11.0. The van der Waals surface area contributed by atoms with Crippen molar-refractivity contribution in [3.63, 3.8) is 0 Å². The highest BCUT2D eigenvalue weighted by molar-refractivity contribution is 7.92. The molecule has 2 rings (SSSR count). The van der Waals surface area contributed by atoms with Crippen LogP contribution in [0.1, 0.15) is 0 Å². The van der Waals surface area contributed by atoms with Crippen LogP contribution in [-0.2, 0) is 14.8 Å². The molecule has 0 bridgehead atoms. The molecule has 6 nitrogen and oxygen atoms in total. The van der Waals surface area contributed by atoms with Gasteiger partial charge < -0.3 is 10.1 Å². The highest BCUT2D eigenvalue weighted by Crippen LogP contribution is 2.26. The average molecular weight is 387 g/mol. The van der Waals surface area contributed by atoms with Crippen LogP contribution in [-0.4, -0.2) is 34.2 Å². The van der Waals surface area contributed by atoms with Crippen LogP contribution in [0.4, 0.5) is 15.8 Å². The van der Waals surface area contributed by atoms with Gasteiger partial charge >= 0.3 is 0 Å². The van der Waals surface area contributed by atoms with Gasteiger partial charge in [-0.25, -0.2) is 12.8 Å². The Morgan fingerprint density at radius 3 is 2.56 bits per heavy atom. The van der Waals surface area contributed by atoms with Crippen molar-refractivity contribution in [3.05, 3.63) is 53.3 Å². The van der Waals surface area contributed by atoms with E-state index in [2.05, 4.69) is 5.32 Å². The Bertz CT molecular complexity index is 889. The van der Waals surface area contributed by atoms with Crippen molar-refractivity contribution in [1.82, 2.24) is 0 Å². The number of benzene rings is 2. The Morgan fingerprint density at radius 2 is 1.96 bits per heavy atom. The number of methoxy groups -OCH3 is 1. The fraction of sp³-hybridized carbons (Fsp3) is 0.188. The molecule has 2 aromatic rings. The number of halogens is 2. The smallest absolute Gasteiger partial charge is 0.245 e. The number of sulfonamides is 1. The maximum absolute atomic E-state index is 13.3. The molecule has 2 aromatic carbocycles. The number of hydrogen-bond acceptors (Lipinski definition) is 4. The molecule has 0 aliphatic heterocycles. The van der Waals surface area contributed by atoms with Gasteiger partial charge in [-0.2, -0.15) is 0 Å². The summed E-state index contributed by atoms with van der Waals surface area (Å²) in [6, 6.07) is 10.1. The zero-order chi connectivity index (χ0) is 18.6. The lowest BCUT2D eigenvalue weighted by atomic mass is 10.3. The van der Waals surface area contributed by atoms with Crippen molar-refractivity contribution in [2.24, 2.45) is 0 Å². The minimum Gasteiger partial charge on any atom is -0.495 e. The van der Waals surface area contributed by atoms with E-state index in [-0.39, 0.29) is 10.7 Å². The van der Waals surface area contributed by atoms with Crippen LogP contribution in [0.15, 0.2) is 42.5 Å². The van der Waals surface area contributed by atoms with E-state index in [1.165, 1.54) is 13.2 Å². The molecular formula is C16H16ClFN2O4S. The molecule has 0 fully saturated rings. The van der Waals surface area contributed by atoms with Gasteiger partial charge in [0.05, 0.1) is 29.8 Å². The maximum Gasteiger partial charge on any atom is 0.245 e. The number of amides is 1. The van der Waals surface area contributed by atoms with E-state index in [1.807, 2.05) is 0 Å². The molecule has 0 saturated heterocycles. The lowest BCUT2D eigenvalue weighted by molar-refractivity contribution is -0.114. The van der Waals surface area contributed by atoms with Crippen LogP contribution < -0.4 is 14.4 Å². The number of para-hydroxylation sites is 2. The van der Waals surface area contributed by atoms with Crippen LogP contribution in [0.25, 0.3) is 0 Å². The zero-order valence-electron chi connectivity index (χ0n) is 13.5. The minimum atomic E-state index is -3.79. The van der Waals surface area contributed by atoms with Gasteiger partial charge in [0.2, 0.25) is 15.9 Å². The first-order valence-electron chi connectivity index (χ1n) is 7.08. The average Bonchev–Trinajstić information content (AvgIpc) is 2.55. The fourth-order valence-corrected chi connectivity index (χ4v) is 3.13. The minimum absolute atomic E-state index is 0.0871. The molecule has 0 unspecified atom stereocenters. The van der Waals surface area contributed by atoms with E-state index >= 15 is 0 Å². The topological polar surface area (TPSA) is 75.7 Å². The summed E-state index contributed by atoms with van der Waals surface area (Å²) in [6.45, 7) is -0.501. The van der Waals surface area contributed by atoms with Crippen molar-refractivity contribution >= 4 is 38.9 Å². The first-order chi connectivity index (χ1) is 11.7. The molecule has 9 heteroatoms. The van der Waals surface area contributed by atoms with Crippen molar-refractivity contribution in [3.8, 4) is 5.75 Å². The Labute approximate surface area is 150 Å². The number of carbonyl (C=O) groups is 1. The number of hydrogen-bond donors (Lipinski definition) is 1. The van der Waals surface area contributed by atoms with Gasteiger partial charge in [-0.3, -0.25) is 9.10 Å². The second-order valence-corrected chi connectivity index (χ2v) is 7.43. The number of rotatable bonds is 6. The zero-order valence-corrected chi connectivity index (χ0v) is 15.1. The predicted octanol–water partition coefficient (Wildman–Crippen LogP) is 2.89. The Hall–Kier alpha value is -2.32. The molecule has 0 aliphatic carbocycles. The molecule has 0 heterocycles. The monoisotopic (exact) mass is 386 g/mol. The third-order valence-corrected chi connectivity index (χ3v) is 4.69. The van der Waals surface area contributed by atoms with Gasteiger partial charge in [0.1, 0.15) is 18.1 Å². The highest BCUT2D eigenvalue weighted by Gasteiger charge is 2.22. The van der Waals surface area contributed by atoms with Crippen LogP contribution in [0.2, 0.25) is 5.02 Å². The summed E-state index contributed by atoms with van der Waals surface area (Å²) >= 11 is 5.70. The molecule has 0 atom stereocenters. The second-order valence-electron chi connectivity index (χ2n) is 5.12. The first kappa shape index (κ1) is 19.0. The molecule has 1 amide bonds. The molecule has 1 N–H and O–H groups in total. The summed E-state index contributed by atoms with van der Waals surface area (Å²) in [7, 11) is -2.34. The number of ether oxygens (including phenoxy) is 1. The van der Waals surface area contributed by atoms with E-state index in [9.17, 15) is 17.6 Å². The van der Waals surface area contributed by atoms with Gasteiger partial charge in [-0.1, -0.05) is 23.7 Å². The summed E-state index contributed by atoms with van der Waals surface area (Å²) in [4.78, 5) is 12.3. The highest BCUT2D eigenvalue weighted by atomic mass is 35.5. The van der Waals surface area contributed by atoms with Gasteiger partial charge in [0, 0.05) is 0 Å².